The van der Waals surface area contributed by atoms with Gasteiger partial charge in [0.05, 0.1) is 0 Å². The first-order valence-corrected chi connectivity index (χ1v) is 10.9. The maximum Gasteiger partial charge on any atom is 0.145 e. The molecule has 1 aromatic rings. The zero-order chi connectivity index (χ0) is 16.0. The normalized spacial score (nSPS) is 11.9. The highest BCUT2D eigenvalue weighted by atomic mass is 79.9. The molecule has 3 heteroatoms. The molecule has 0 spiro atoms. The van der Waals surface area contributed by atoms with Crippen molar-refractivity contribution in [2.24, 2.45) is 0 Å². The van der Waals surface area contributed by atoms with Gasteiger partial charge in [0.25, 0.3) is 0 Å². The third kappa shape index (κ3) is 4.44. The van der Waals surface area contributed by atoms with Gasteiger partial charge in [0.2, 0.25) is 0 Å². The van der Waals surface area contributed by atoms with Crippen LogP contribution in [0.4, 0.5) is 0 Å². The Morgan fingerprint density at radius 1 is 1.10 bits per heavy atom. The molecule has 0 atom stereocenters. The van der Waals surface area contributed by atoms with Gasteiger partial charge in [0.15, 0.2) is 0 Å². The maximum absolute atomic E-state index is 4.27. The van der Waals surface area contributed by atoms with E-state index < -0.39 is 8.07 Å². The SMILES string of the molecule is CC(C)[Si](C#CCCc1cccnc1Br)(C(C)C)C(C)C. The number of pyridine rings is 1. The third-order valence-corrected chi connectivity index (χ3v) is 11.6. The van der Waals surface area contributed by atoms with Gasteiger partial charge in [-0.3, -0.25) is 0 Å². The highest BCUT2D eigenvalue weighted by Gasteiger charge is 2.41. The van der Waals surface area contributed by atoms with E-state index in [2.05, 4.69) is 80.0 Å². The summed E-state index contributed by atoms with van der Waals surface area (Å²) in [4.78, 5) is 4.27. The van der Waals surface area contributed by atoms with Crippen molar-refractivity contribution in [1.82, 2.24) is 4.98 Å². The summed E-state index contributed by atoms with van der Waals surface area (Å²) >= 11 is 3.51. The fourth-order valence-corrected chi connectivity index (χ4v) is 9.20. The molecule has 0 radical (unpaired) electrons. The molecule has 1 aromatic heterocycles. The van der Waals surface area contributed by atoms with E-state index in [4.69, 9.17) is 0 Å². The summed E-state index contributed by atoms with van der Waals surface area (Å²) in [6, 6.07) is 4.11. The molecular formula is C18H28BrNSi. The standard InChI is InChI=1S/C18H28BrNSi/c1-14(2)21(15(3)4,16(5)6)13-8-7-10-17-11-9-12-20-18(17)19/h9,11-12,14-16H,7,10H2,1-6H3. The van der Waals surface area contributed by atoms with Crippen molar-refractivity contribution in [3.8, 4) is 11.5 Å². The second-order valence-electron chi connectivity index (χ2n) is 6.65. The topological polar surface area (TPSA) is 12.9 Å². The van der Waals surface area contributed by atoms with Crippen LogP contribution in [0.5, 0.6) is 0 Å². The second-order valence-corrected chi connectivity index (χ2v) is 13.0. The van der Waals surface area contributed by atoms with Crippen molar-refractivity contribution < 1.29 is 0 Å². The average molecular weight is 366 g/mol. The number of rotatable bonds is 5. The molecule has 0 N–H and O–H groups in total. The van der Waals surface area contributed by atoms with Gasteiger partial charge in [-0.2, -0.15) is 0 Å². The maximum atomic E-state index is 4.27. The van der Waals surface area contributed by atoms with Gasteiger partial charge in [0, 0.05) is 12.6 Å². The lowest BCUT2D eigenvalue weighted by molar-refractivity contribution is 0.838. The predicted molar refractivity (Wildman–Crippen MR) is 99.1 cm³/mol. The molecule has 0 aliphatic rings. The Bertz CT molecular complexity index is 490. The van der Waals surface area contributed by atoms with E-state index in [1.165, 1.54) is 5.56 Å². The fourth-order valence-electron chi connectivity index (χ4n) is 3.45. The molecule has 0 bridgehead atoms. The van der Waals surface area contributed by atoms with Crippen LogP contribution in [0.2, 0.25) is 16.6 Å². The van der Waals surface area contributed by atoms with E-state index in [1.807, 2.05) is 12.3 Å². The molecule has 0 fully saturated rings. The Morgan fingerprint density at radius 2 is 1.67 bits per heavy atom. The summed E-state index contributed by atoms with van der Waals surface area (Å²) in [5.41, 5.74) is 7.13. The van der Waals surface area contributed by atoms with Gasteiger partial charge in [-0.1, -0.05) is 47.6 Å². The van der Waals surface area contributed by atoms with E-state index in [0.717, 1.165) is 17.4 Å². The van der Waals surface area contributed by atoms with E-state index in [-0.39, 0.29) is 0 Å². The lowest BCUT2D eigenvalue weighted by Crippen LogP contribution is -2.43. The molecule has 1 heterocycles. The molecule has 0 unspecified atom stereocenters. The Morgan fingerprint density at radius 3 is 2.14 bits per heavy atom. The first-order valence-electron chi connectivity index (χ1n) is 7.91. The molecular weight excluding hydrogens is 338 g/mol. The minimum absolute atomic E-state index is 0.704. The Hall–Kier alpha value is -0.593. The summed E-state index contributed by atoms with van der Waals surface area (Å²) in [6.45, 7) is 14.2. The number of aromatic nitrogens is 1. The van der Waals surface area contributed by atoms with Crippen LogP contribution >= 0.6 is 15.9 Å². The summed E-state index contributed by atoms with van der Waals surface area (Å²) in [6.07, 6.45) is 3.71. The van der Waals surface area contributed by atoms with Crippen molar-refractivity contribution >= 4 is 24.0 Å². The lowest BCUT2D eigenvalue weighted by Gasteiger charge is -2.38. The van der Waals surface area contributed by atoms with Gasteiger partial charge in [-0.15, -0.1) is 11.5 Å². The Kier molecular flexibility index (Phi) is 7.16. The monoisotopic (exact) mass is 365 g/mol. The van der Waals surface area contributed by atoms with Gasteiger partial charge in [0.1, 0.15) is 12.7 Å². The van der Waals surface area contributed by atoms with Crippen LogP contribution in [-0.2, 0) is 6.42 Å². The van der Waals surface area contributed by atoms with Gasteiger partial charge >= 0.3 is 0 Å². The van der Waals surface area contributed by atoms with Crippen molar-refractivity contribution in [3.05, 3.63) is 28.5 Å². The van der Waals surface area contributed by atoms with E-state index in [1.54, 1.807) is 0 Å². The number of nitrogens with zero attached hydrogens (tertiary/aromatic N) is 1. The van der Waals surface area contributed by atoms with E-state index in [0.29, 0.717) is 16.6 Å². The van der Waals surface area contributed by atoms with Gasteiger partial charge in [-0.25, -0.2) is 4.98 Å². The Balaban J connectivity index is 2.85. The van der Waals surface area contributed by atoms with Crippen molar-refractivity contribution in [2.45, 2.75) is 71.0 Å². The summed E-state index contributed by atoms with van der Waals surface area (Å²) in [5.74, 6) is 3.51. The fraction of sp³-hybridized carbons (Fsp3) is 0.611. The number of hydrogen-bond donors (Lipinski definition) is 0. The highest BCUT2D eigenvalue weighted by molar-refractivity contribution is 9.10. The number of aryl methyl sites for hydroxylation is 1. The van der Waals surface area contributed by atoms with Gasteiger partial charge < -0.3 is 0 Å². The van der Waals surface area contributed by atoms with Crippen molar-refractivity contribution in [3.63, 3.8) is 0 Å². The Labute approximate surface area is 140 Å². The van der Waals surface area contributed by atoms with Crippen molar-refractivity contribution in [2.75, 3.05) is 0 Å². The molecule has 21 heavy (non-hydrogen) atoms. The molecule has 116 valence electrons. The highest BCUT2D eigenvalue weighted by Crippen LogP contribution is 2.40. The quantitative estimate of drug-likeness (QED) is 0.354. The zero-order valence-electron chi connectivity index (χ0n) is 14.2. The molecule has 0 aromatic carbocycles. The minimum Gasteiger partial charge on any atom is -0.249 e. The zero-order valence-corrected chi connectivity index (χ0v) is 16.8. The van der Waals surface area contributed by atoms with Crippen LogP contribution in [0.3, 0.4) is 0 Å². The van der Waals surface area contributed by atoms with Gasteiger partial charge in [-0.05, 0) is 50.6 Å². The summed E-state index contributed by atoms with van der Waals surface area (Å²) in [7, 11) is -1.57. The summed E-state index contributed by atoms with van der Waals surface area (Å²) in [5, 5.41) is 0. The molecule has 1 rings (SSSR count). The number of hydrogen-bond acceptors (Lipinski definition) is 1. The van der Waals surface area contributed by atoms with Crippen LogP contribution in [-0.4, -0.2) is 13.1 Å². The molecule has 1 nitrogen and oxygen atoms in total. The molecule has 0 aliphatic carbocycles. The average Bonchev–Trinajstić information content (AvgIpc) is 2.39. The van der Waals surface area contributed by atoms with Crippen LogP contribution in [0, 0.1) is 11.5 Å². The molecule has 0 aliphatic heterocycles. The summed E-state index contributed by atoms with van der Waals surface area (Å²) < 4.78 is 0.951. The first-order chi connectivity index (χ1) is 9.82. The predicted octanol–water partition coefficient (Wildman–Crippen LogP) is 6.00. The number of halogens is 1. The molecule has 0 saturated heterocycles. The van der Waals surface area contributed by atoms with Crippen molar-refractivity contribution in [1.29, 1.82) is 0 Å². The smallest absolute Gasteiger partial charge is 0.145 e. The van der Waals surface area contributed by atoms with Crippen LogP contribution < -0.4 is 0 Å². The second kappa shape index (κ2) is 8.15. The van der Waals surface area contributed by atoms with Crippen LogP contribution in [0.1, 0.15) is 53.5 Å². The largest absolute Gasteiger partial charge is 0.249 e. The minimum atomic E-state index is -1.57. The van der Waals surface area contributed by atoms with Crippen LogP contribution in [0.15, 0.2) is 22.9 Å². The third-order valence-electron chi connectivity index (χ3n) is 4.53. The van der Waals surface area contributed by atoms with Crippen LogP contribution in [0.25, 0.3) is 0 Å². The first kappa shape index (κ1) is 18.5. The molecule has 0 amide bonds. The lowest BCUT2D eigenvalue weighted by atomic mass is 10.2. The van der Waals surface area contributed by atoms with E-state index in [9.17, 15) is 0 Å². The molecule has 0 saturated carbocycles. The van der Waals surface area contributed by atoms with E-state index >= 15 is 0 Å².